The lowest BCUT2D eigenvalue weighted by Crippen LogP contribution is -2.64. The second kappa shape index (κ2) is 7.87. The molecule has 2 aliphatic rings. The molecule has 0 saturated carbocycles. The van der Waals surface area contributed by atoms with Crippen LogP contribution >= 0.6 is 0 Å². The van der Waals surface area contributed by atoms with Gasteiger partial charge in [-0.3, -0.25) is 4.79 Å². The third kappa shape index (κ3) is 3.79. The smallest absolute Gasteiger partial charge is 0.410 e. The first-order chi connectivity index (χ1) is 12.2. The zero-order chi connectivity index (χ0) is 17.7. The number of amides is 1. The Kier molecular flexibility index (Phi) is 5.58. The van der Waals surface area contributed by atoms with Gasteiger partial charge in [0.1, 0.15) is 12.0 Å². The minimum absolute atomic E-state index is 0.0680. The lowest BCUT2D eigenvalue weighted by atomic mass is 9.70. The molecular weight excluding hydrogens is 320 g/mol. The third-order valence-corrected chi connectivity index (χ3v) is 5.16. The average molecular weight is 346 g/mol. The predicted octanol–water partition coefficient (Wildman–Crippen LogP) is 2.33. The molecule has 2 fully saturated rings. The number of carbonyl (C=O) groups is 2. The van der Waals surface area contributed by atoms with Crippen molar-refractivity contribution < 1.29 is 19.1 Å². The maximum Gasteiger partial charge on any atom is 0.410 e. The molecule has 1 aromatic carbocycles. The van der Waals surface area contributed by atoms with Crippen LogP contribution in [0, 0.1) is 5.41 Å². The van der Waals surface area contributed by atoms with Crippen molar-refractivity contribution in [2.75, 3.05) is 26.2 Å². The number of fused-ring (bicyclic) bond motifs is 1. The van der Waals surface area contributed by atoms with Crippen LogP contribution in [0.4, 0.5) is 4.79 Å². The fourth-order valence-corrected chi connectivity index (χ4v) is 3.87. The molecule has 0 bridgehead atoms. The van der Waals surface area contributed by atoms with Crippen LogP contribution in [-0.4, -0.2) is 49.2 Å². The molecule has 6 nitrogen and oxygen atoms in total. The summed E-state index contributed by atoms with van der Waals surface area (Å²) in [5, 5.41) is 3.44. The fraction of sp³-hybridized carbons (Fsp3) is 0.579. The molecule has 0 radical (unpaired) electrons. The number of benzene rings is 1. The third-order valence-electron chi connectivity index (χ3n) is 5.16. The minimum Gasteiger partial charge on any atom is -0.465 e. The number of hydrogen-bond acceptors (Lipinski definition) is 5. The van der Waals surface area contributed by atoms with E-state index in [4.69, 9.17) is 9.47 Å². The number of carbonyl (C=O) groups excluding carboxylic acids is 2. The van der Waals surface area contributed by atoms with Gasteiger partial charge in [0.05, 0.1) is 6.61 Å². The summed E-state index contributed by atoms with van der Waals surface area (Å²) < 4.78 is 10.8. The standard InChI is InChI=1S/C19H26N2O4/c1-2-24-17(22)19-10-6-11-20-16(19)9-12-21(14-19)18(23)25-13-15-7-4-3-5-8-15/h3-5,7-8,16,20H,2,6,9-14H2,1H3. The molecule has 2 aliphatic heterocycles. The number of nitrogens with zero attached hydrogens (tertiary/aromatic N) is 1. The van der Waals surface area contributed by atoms with E-state index in [-0.39, 0.29) is 24.7 Å². The number of nitrogens with one attached hydrogen (secondary N) is 1. The van der Waals surface area contributed by atoms with E-state index < -0.39 is 5.41 Å². The first kappa shape index (κ1) is 17.7. The van der Waals surface area contributed by atoms with Crippen molar-refractivity contribution in [3.05, 3.63) is 35.9 Å². The fourth-order valence-electron chi connectivity index (χ4n) is 3.87. The highest BCUT2D eigenvalue weighted by molar-refractivity contribution is 5.80. The summed E-state index contributed by atoms with van der Waals surface area (Å²) in [6.07, 6.45) is 2.02. The van der Waals surface area contributed by atoms with E-state index in [0.717, 1.165) is 31.4 Å². The normalized spacial score (nSPS) is 25.8. The lowest BCUT2D eigenvalue weighted by molar-refractivity contribution is -0.163. The van der Waals surface area contributed by atoms with E-state index in [0.29, 0.717) is 19.7 Å². The Balaban J connectivity index is 1.66. The molecule has 0 aliphatic carbocycles. The summed E-state index contributed by atoms with van der Waals surface area (Å²) in [6, 6.07) is 9.67. The van der Waals surface area contributed by atoms with Crippen molar-refractivity contribution in [3.8, 4) is 0 Å². The zero-order valence-electron chi connectivity index (χ0n) is 14.7. The molecular formula is C19H26N2O4. The van der Waals surface area contributed by atoms with Crippen LogP contribution < -0.4 is 5.32 Å². The molecule has 136 valence electrons. The molecule has 2 atom stereocenters. The molecule has 6 heteroatoms. The van der Waals surface area contributed by atoms with Gasteiger partial charge in [-0.15, -0.1) is 0 Å². The first-order valence-electron chi connectivity index (χ1n) is 9.02. The maximum atomic E-state index is 12.7. The number of hydrogen-bond donors (Lipinski definition) is 1. The zero-order valence-corrected chi connectivity index (χ0v) is 14.7. The topological polar surface area (TPSA) is 67.9 Å². The summed E-state index contributed by atoms with van der Waals surface area (Å²) in [6.45, 7) is 4.26. The van der Waals surface area contributed by atoms with Gasteiger partial charge >= 0.3 is 12.1 Å². The summed E-state index contributed by atoms with van der Waals surface area (Å²) in [5.41, 5.74) is 0.295. The summed E-state index contributed by atoms with van der Waals surface area (Å²) in [7, 11) is 0. The monoisotopic (exact) mass is 346 g/mol. The van der Waals surface area contributed by atoms with E-state index in [9.17, 15) is 9.59 Å². The quantitative estimate of drug-likeness (QED) is 0.848. The molecule has 2 heterocycles. The van der Waals surface area contributed by atoms with Gasteiger partial charge < -0.3 is 19.7 Å². The highest BCUT2D eigenvalue weighted by atomic mass is 16.6. The molecule has 1 aromatic rings. The Hall–Kier alpha value is -2.08. The van der Waals surface area contributed by atoms with Gasteiger partial charge in [-0.05, 0) is 38.3 Å². The second-order valence-electron chi connectivity index (χ2n) is 6.74. The van der Waals surface area contributed by atoms with Crippen LogP contribution in [0.15, 0.2) is 30.3 Å². The maximum absolute atomic E-state index is 12.7. The molecule has 3 rings (SSSR count). The molecule has 1 N–H and O–H groups in total. The van der Waals surface area contributed by atoms with Gasteiger partial charge in [-0.2, -0.15) is 0 Å². The van der Waals surface area contributed by atoms with Gasteiger partial charge in [-0.1, -0.05) is 30.3 Å². The molecule has 0 spiro atoms. The van der Waals surface area contributed by atoms with Crippen LogP contribution in [0.5, 0.6) is 0 Å². The Morgan fingerprint density at radius 2 is 2.08 bits per heavy atom. The van der Waals surface area contributed by atoms with E-state index in [2.05, 4.69) is 5.32 Å². The summed E-state index contributed by atoms with van der Waals surface area (Å²) in [4.78, 5) is 26.8. The Morgan fingerprint density at radius 1 is 1.28 bits per heavy atom. The van der Waals surface area contributed by atoms with Crippen molar-refractivity contribution >= 4 is 12.1 Å². The highest BCUT2D eigenvalue weighted by Crippen LogP contribution is 2.39. The van der Waals surface area contributed by atoms with Crippen LogP contribution in [0.1, 0.15) is 31.7 Å². The van der Waals surface area contributed by atoms with E-state index in [1.54, 1.807) is 4.90 Å². The molecule has 2 unspecified atom stereocenters. The van der Waals surface area contributed by atoms with Crippen LogP contribution in [0.2, 0.25) is 0 Å². The van der Waals surface area contributed by atoms with Crippen LogP contribution in [0.3, 0.4) is 0 Å². The van der Waals surface area contributed by atoms with Gasteiger partial charge in [-0.25, -0.2) is 4.79 Å². The summed E-state index contributed by atoms with van der Waals surface area (Å²) >= 11 is 0. The van der Waals surface area contributed by atoms with E-state index in [1.807, 2.05) is 37.3 Å². The molecule has 2 saturated heterocycles. The SMILES string of the molecule is CCOC(=O)C12CCCNC1CCN(C(=O)OCc1ccccc1)C2. The van der Waals surface area contributed by atoms with Gasteiger partial charge in [0.25, 0.3) is 0 Å². The first-order valence-corrected chi connectivity index (χ1v) is 9.02. The van der Waals surface area contributed by atoms with Gasteiger partial charge in [0, 0.05) is 19.1 Å². The molecule has 25 heavy (non-hydrogen) atoms. The van der Waals surface area contributed by atoms with E-state index >= 15 is 0 Å². The summed E-state index contributed by atoms with van der Waals surface area (Å²) in [5.74, 6) is -0.201. The van der Waals surface area contributed by atoms with Gasteiger partial charge in [0.15, 0.2) is 0 Å². The van der Waals surface area contributed by atoms with Crippen molar-refractivity contribution in [1.82, 2.24) is 10.2 Å². The van der Waals surface area contributed by atoms with Crippen molar-refractivity contribution in [1.29, 1.82) is 0 Å². The number of esters is 1. The Labute approximate surface area is 148 Å². The van der Waals surface area contributed by atoms with Crippen LogP contribution in [-0.2, 0) is 20.9 Å². The van der Waals surface area contributed by atoms with Crippen molar-refractivity contribution in [2.45, 2.75) is 38.8 Å². The number of piperidine rings is 2. The van der Waals surface area contributed by atoms with E-state index in [1.165, 1.54) is 0 Å². The number of likely N-dealkylation sites (tertiary alicyclic amines) is 1. The molecule has 0 aromatic heterocycles. The second-order valence-corrected chi connectivity index (χ2v) is 6.74. The lowest BCUT2D eigenvalue weighted by Gasteiger charge is -2.48. The highest BCUT2D eigenvalue weighted by Gasteiger charge is 2.52. The van der Waals surface area contributed by atoms with Crippen molar-refractivity contribution in [3.63, 3.8) is 0 Å². The van der Waals surface area contributed by atoms with Crippen molar-refractivity contribution in [2.24, 2.45) is 5.41 Å². The van der Waals surface area contributed by atoms with Gasteiger partial charge in [0.2, 0.25) is 0 Å². The molecule has 1 amide bonds. The number of rotatable bonds is 4. The predicted molar refractivity (Wildman–Crippen MR) is 92.9 cm³/mol. The number of ether oxygens (including phenoxy) is 2. The Morgan fingerprint density at radius 3 is 2.84 bits per heavy atom. The van der Waals surface area contributed by atoms with Crippen LogP contribution in [0.25, 0.3) is 0 Å². The average Bonchev–Trinajstić information content (AvgIpc) is 2.66. The minimum atomic E-state index is -0.654. The Bertz CT molecular complexity index is 607. The largest absolute Gasteiger partial charge is 0.465 e.